The Morgan fingerprint density at radius 1 is 0.559 bits per heavy atom. The van der Waals surface area contributed by atoms with Gasteiger partial charge in [-0.2, -0.15) is 0 Å². The van der Waals surface area contributed by atoms with Crippen molar-refractivity contribution >= 4 is 42.3 Å². The first kappa shape index (κ1) is 19.3. The van der Waals surface area contributed by atoms with Crippen LogP contribution >= 0.6 is 11.3 Å². The molecule has 0 radical (unpaired) electrons. The van der Waals surface area contributed by atoms with Gasteiger partial charge in [0.1, 0.15) is 5.82 Å². The van der Waals surface area contributed by atoms with Crippen molar-refractivity contribution in [3.63, 3.8) is 0 Å². The van der Waals surface area contributed by atoms with Crippen LogP contribution in [-0.4, -0.2) is 9.97 Å². The zero-order valence-corrected chi connectivity index (χ0v) is 19.1. The molecule has 2 heterocycles. The number of nitrogens with zero attached hydrogens (tertiary/aromatic N) is 1. The number of imidazole rings is 1. The minimum absolute atomic E-state index is 0.891. The summed E-state index contributed by atoms with van der Waals surface area (Å²) in [6, 6.07) is 40.7. The highest BCUT2D eigenvalue weighted by Gasteiger charge is 2.17. The van der Waals surface area contributed by atoms with Crippen LogP contribution in [0.15, 0.2) is 115 Å². The maximum atomic E-state index is 5.19. The molecule has 0 fully saturated rings. The third-order valence-corrected chi connectivity index (χ3v) is 7.60. The zero-order valence-electron chi connectivity index (χ0n) is 18.3. The van der Waals surface area contributed by atoms with Gasteiger partial charge >= 0.3 is 0 Å². The van der Waals surface area contributed by atoms with Gasteiger partial charge in [0.15, 0.2) is 0 Å². The zero-order chi connectivity index (χ0) is 22.5. The minimum Gasteiger partial charge on any atom is -0.337 e. The summed E-state index contributed by atoms with van der Waals surface area (Å²) in [5, 5.41) is 5.03. The van der Waals surface area contributed by atoms with Crippen LogP contribution < -0.4 is 0 Å². The topological polar surface area (TPSA) is 28.7 Å². The number of nitrogens with one attached hydrogen (secondary N) is 1. The standard InChI is InChI=1S/C31H20N2S/c1-2-10-21(11-3-1)29-30(22-17-18-25-24-14-6-7-16-27(24)34-28(25)19-22)33-31(32-29)26-15-8-12-20-9-4-5-13-23(20)26/h1-19H,(H,32,33). The van der Waals surface area contributed by atoms with Gasteiger partial charge in [0, 0.05) is 36.9 Å². The number of benzene rings is 5. The highest BCUT2D eigenvalue weighted by molar-refractivity contribution is 7.25. The van der Waals surface area contributed by atoms with Gasteiger partial charge in [-0.1, -0.05) is 103 Å². The Balaban J connectivity index is 1.47. The van der Waals surface area contributed by atoms with E-state index >= 15 is 0 Å². The molecule has 0 amide bonds. The van der Waals surface area contributed by atoms with Crippen molar-refractivity contribution in [1.82, 2.24) is 9.97 Å². The van der Waals surface area contributed by atoms with Crippen molar-refractivity contribution in [3.8, 4) is 33.9 Å². The van der Waals surface area contributed by atoms with Crippen molar-refractivity contribution in [2.24, 2.45) is 0 Å². The van der Waals surface area contributed by atoms with E-state index in [0.717, 1.165) is 33.9 Å². The Morgan fingerprint density at radius 2 is 1.29 bits per heavy atom. The Kier molecular flexibility index (Phi) is 4.36. The number of rotatable bonds is 3. The van der Waals surface area contributed by atoms with E-state index in [2.05, 4.69) is 120 Å². The first-order chi connectivity index (χ1) is 16.8. The Bertz CT molecular complexity index is 1800. The molecule has 3 heteroatoms. The second-order valence-electron chi connectivity index (χ2n) is 8.51. The minimum atomic E-state index is 0.891. The van der Waals surface area contributed by atoms with E-state index in [9.17, 15) is 0 Å². The molecule has 5 aromatic carbocycles. The third-order valence-electron chi connectivity index (χ3n) is 6.46. The van der Waals surface area contributed by atoms with Gasteiger partial charge in [0.25, 0.3) is 0 Å². The van der Waals surface area contributed by atoms with Crippen LogP contribution in [0.25, 0.3) is 64.8 Å². The molecule has 0 unspecified atom stereocenters. The lowest BCUT2D eigenvalue weighted by molar-refractivity contribution is 1.32. The molecular weight excluding hydrogens is 432 g/mol. The van der Waals surface area contributed by atoms with Crippen LogP contribution in [0.5, 0.6) is 0 Å². The van der Waals surface area contributed by atoms with Gasteiger partial charge in [0.05, 0.1) is 11.4 Å². The van der Waals surface area contributed by atoms with E-state index in [-0.39, 0.29) is 0 Å². The SMILES string of the molecule is c1ccc(-c2[nH]c(-c3cccc4ccccc34)nc2-c2ccc3c(c2)sc2ccccc23)cc1. The number of aromatic nitrogens is 2. The first-order valence-corrected chi connectivity index (χ1v) is 12.2. The molecule has 0 aliphatic carbocycles. The summed E-state index contributed by atoms with van der Waals surface area (Å²) in [7, 11) is 0. The second-order valence-corrected chi connectivity index (χ2v) is 9.59. The van der Waals surface area contributed by atoms with Crippen LogP contribution in [0.1, 0.15) is 0 Å². The van der Waals surface area contributed by atoms with Crippen molar-refractivity contribution in [2.75, 3.05) is 0 Å². The molecular formula is C31H20N2S. The van der Waals surface area contributed by atoms with Gasteiger partial charge in [-0.05, 0) is 22.9 Å². The molecule has 1 N–H and O–H groups in total. The van der Waals surface area contributed by atoms with Crippen molar-refractivity contribution in [3.05, 3.63) is 115 Å². The summed E-state index contributed by atoms with van der Waals surface area (Å²) in [6.45, 7) is 0. The molecule has 0 aliphatic rings. The maximum Gasteiger partial charge on any atom is 0.139 e. The Labute approximate surface area is 201 Å². The lowest BCUT2D eigenvalue weighted by atomic mass is 10.0. The largest absolute Gasteiger partial charge is 0.337 e. The third kappa shape index (κ3) is 3.06. The number of hydrogen-bond acceptors (Lipinski definition) is 2. The van der Waals surface area contributed by atoms with E-state index in [4.69, 9.17) is 4.98 Å². The molecule has 2 nitrogen and oxygen atoms in total. The lowest BCUT2D eigenvalue weighted by Gasteiger charge is -2.04. The summed E-state index contributed by atoms with van der Waals surface area (Å²) in [4.78, 5) is 8.86. The molecule has 0 saturated heterocycles. The summed E-state index contributed by atoms with van der Waals surface area (Å²) >= 11 is 1.84. The summed E-state index contributed by atoms with van der Waals surface area (Å²) in [5.41, 5.74) is 5.40. The molecule has 0 bridgehead atoms. The quantitative estimate of drug-likeness (QED) is 0.285. The summed E-state index contributed by atoms with van der Waals surface area (Å²) in [5.74, 6) is 0.891. The smallest absolute Gasteiger partial charge is 0.139 e. The fraction of sp³-hybridized carbons (Fsp3) is 0. The second kappa shape index (κ2) is 7.68. The van der Waals surface area contributed by atoms with E-state index < -0.39 is 0 Å². The van der Waals surface area contributed by atoms with Crippen molar-refractivity contribution < 1.29 is 0 Å². The fourth-order valence-corrected chi connectivity index (χ4v) is 5.97. The van der Waals surface area contributed by atoms with Gasteiger partial charge in [-0.25, -0.2) is 4.98 Å². The summed E-state index contributed by atoms with van der Waals surface area (Å²) in [6.07, 6.45) is 0. The predicted octanol–water partition coefficient (Wildman–Crippen LogP) is 8.93. The van der Waals surface area contributed by atoms with Crippen LogP contribution in [0.2, 0.25) is 0 Å². The van der Waals surface area contributed by atoms with Gasteiger partial charge in [-0.15, -0.1) is 11.3 Å². The van der Waals surface area contributed by atoms with Crippen LogP contribution in [0.4, 0.5) is 0 Å². The number of thiophene rings is 1. The Morgan fingerprint density at radius 3 is 2.21 bits per heavy atom. The maximum absolute atomic E-state index is 5.19. The molecule has 34 heavy (non-hydrogen) atoms. The van der Waals surface area contributed by atoms with E-state index in [1.54, 1.807) is 0 Å². The molecule has 160 valence electrons. The monoisotopic (exact) mass is 452 g/mol. The molecule has 2 aromatic heterocycles. The molecule has 7 aromatic rings. The number of aromatic amines is 1. The van der Waals surface area contributed by atoms with Gasteiger partial charge in [0.2, 0.25) is 0 Å². The van der Waals surface area contributed by atoms with Crippen LogP contribution in [-0.2, 0) is 0 Å². The number of fused-ring (bicyclic) bond motifs is 4. The highest BCUT2D eigenvalue weighted by Crippen LogP contribution is 2.39. The molecule has 0 spiro atoms. The van der Waals surface area contributed by atoms with E-state index in [1.165, 1.54) is 30.9 Å². The summed E-state index contributed by atoms with van der Waals surface area (Å²) < 4.78 is 2.60. The first-order valence-electron chi connectivity index (χ1n) is 11.4. The van der Waals surface area contributed by atoms with Crippen LogP contribution in [0.3, 0.4) is 0 Å². The highest BCUT2D eigenvalue weighted by atomic mass is 32.1. The van der Waals surface area contributed by atoms with Gasteiger partial charge in [-0.3, -0.25) is 0 Å². The fourth-order valence-electron chi connectivity index (χ4n) is 4.83. The van der Waals surface area contributed by atoms with Crippen molar-refractivity contribution in [1.29, 1.82) is 0 Å². The van der Waals surface area contributed by atoms with Crippen molar-refractivity contribution in [2.45, 2.75) is 0 Å². The van der Waals surface area contributed by atoms with E-state index in [0.29, 0.717) is 0 Å². The average Bonchev–Trinajstić information content (AvgIpc) is 3.50. The number of hydrogen-bond donors (Lipinski definition) is 1. The van der Waals surface area contributed by atoms with Crippen LogP contribution in [0, 0.1) is 0 Å². The molecule has 7 rings (SSSR count). The van der Waals surface area contributed by atoms with E-state index in [1.807, 2.05) is 11.3 Å². The Hall–Kier alpha value is -4.21. The average molecular weight is 453 g/mol. The predicted molar refractivity (Wildman–Crippen MR) is 145 cm³/mol. The number of H-pyrrole nitrogens is 1. The lowest BCUT2D eigenvalue weighted by Crippen LogP contribution is -1.84. The van der Waals surface area contributed by atoms with Gasteiger partial charge < -0.3 is 4.98 Å². The normalized spacial score (nSPS) is 11.5. The molecule has 0 atom stereocenters. The molecule has 0 aliphatic heterocycles. The molecule has 0 saturated carbocycles.